The molecule has 2 nitrogen and oxygen atoms in total. The van der Waals surface area contributed by atoms with Crippen LogP contribution in [0.4, 0.5) is 0 Å². The molecule has 0 spiro atoms. The summed E-state index contributed by atoms with van der Waals surface area (Å²) >= 11 is 5.87. The number of ketones is 2. The Balaban J connectivity index is 2.21. The second-order valence-electron chi connectivity index (χ2n) is 4.24. The number of fused-ring (bicyclic) bond motifs is 2. The summed E-state index contributed by atoms with van der Waals surface area (Å²) < 4.78 is 0. The summed E-state index contributed by atoms with van der Waals surface area (Å²) in [6.07, 6.45) is 7.20. The maximum absolute atomic E-state index is 12.3. The highest BCUT2D eigenvalue weighted by Crippen LogP contribution is 2.34. The maximum Gasteiger partial charge on any atom is 0.171 e. The molecule has 0 radical (unpaired) electrons. The van der Waals surface area contributed by atoms with Gasteiger partial charge in [-0.05, 0) is 18.2 Å². The van der Waals surface area contributed by atoms with Crippen LogP contribution < -0.4 is 0 Å². The van der Waals surface area contributed by atoms with E-state index in [-0.39, 0.29) is 23.4 Å². The van der Waals surface area contributed by atoms with Crippen LogP contribution in [0.3, 0.4) is 0 Å². The molecule has 2 aliphatic rings. The van der Waals surface area contributed by atoms with Crippen LogP contribution in [0.15, 0.2) is 42.5 Å². The van der Waals surface area contributed by atoms with Crippen LogP contribution in [0, 0.1) is 11.8 Å². The molecule has 2 aliphatic carbocycles. The van der Waals surface area contributed by atoms with E-state index in [0.29, 0.717) is 16.1 Å². The normalized spacial score (nSPS) is 25.7. The number of rotatable bonds is 0. The smallest absolute Gasteiger partial charge is 0.171 e. The molecule has 0 unspecified atom stereocenters. The quantitative estimate of drug-likeness (QED) is 0.703. The lowest BCUT2D eigenvalue weighted by Crippen LogP contribution is -2.35. The van der Waals surface area contributed by atoms with Gasteiger partial charge >= 0.3 is 0 Å². The molecule has 0 fully saturated rings. The number of hydrogen-bond acceptors (Lipinski definition) is 2. The van der Waals surface area contributed by atoms with Crippen molar-refractivity contribution in [2.75, 3.05) is 0 Å². The topological polar surface area (TPSA) is 34.1 Å². The zero-order chi connectivity index (χ0) is 12.0. The van der Waals surface area contributed by atoms with Gasteiger partial charge in [-0.25, -0.2) is 0 Å². The summed E-state index contributed by atoms with van der Waals surface area (Å²) in [6.45, 7) is 0. The number of carbonyl (C=O) groups excluding carboxylic acids is 2. The summed E-state index contributed by atoms with van der Waals surface area (Å²) in [4.78, 5) is 24.5. The third kappa shape index (κ3) is 1.48. The Hall–Kier alpha value is -1.67. The predicted octanol–water partition coefficient (Wildman–Crippen LogP) is 3.08. The van der Waals surface area contributed by atoms with E-state index in [1.165, 1.54) is 0 Å². The number of hydrogen-bond donors (Lipinski definition) is 0. The van der Waals surface area contributed by atoms with E-state index in [0.717, 1.165) is 0 Å². The Kier molecular flexibility index (Phi) is 2.26. The van der Waals surface area contributed by atoms with Crippen molar-refractivity contribution in [1.82, 2.24) is 0 Å². The lowest BCUT2D eigenvalue weighted by Gasteiger charge is -2.28. The van der Waals surface area contributed by atoms with E-state index in [2.05, 4.69) is 0 Å². The molecule has 2 atom stereocenters. The molecule has 3 heteroatoms. The number of carbonyl (C=O) groups is 2. The third-order valence-electron chi connectivity index (χ3n) is 3.25. The molecule has 0 aromatic heterocycles. The van der Waals surface area contributed by atoms with Gasteiger partial charge in [-0.3, -0.25) is 9.59 Å². The molecule has 0 saturated carbocycles. The molecule has 0 bridgehead atoms. The average molecular weight is 245 g/mol. The van der Waals surface area contributed by atoms with Crippen LogP contribution in [0.25, 0.3) is 0 Å². The van der Waals surface area contributed by atoms with Crippen molar-refractivity contribution in [2.45, 2.75) is 0 Å². The lowest BCUT2D eigenvalue weighted by atomic mass is 9.72. The molecule has 84 valence electrons. The van der Waals surface area contributed by atoms with Crippen molar-refractivity contribution in [3.63, 3.8) is 0 Å². The minimum atomic E-state index is -0.363. The summed E-state index contributed by atoms with van der Waals surface area (Å²) in [5, 5.41) is 0.485. The molecular formula is C14H9ClO2. The Morgan fingerprint density at radius 2 is 1.47 bits per heavy atom. The fraction of sp³-hybridized carbons (Fsp3) is 0.143. The molecule has 0 N–H and O–H groups in total. The zero-order valence-corrected chi connectivity index (χ0v) is 9.65. The highest BCUT2D eigenvalue weighted by molar-refractivity contribution is 6.31. The van der Waals surface area contributed by atoms with Gasteiger partial charge < -0.3 is 0 Å². The number of Topliss-reactive ketones (excluding diaryl/α,β-unsaturated/α-hetero) is 2. The Morgan fingerprint density at radius 1 is 0.882 bits per heavy atom. The Labute approximate surface area is 104 Å². The first kappa shape index (κ1) is 10.5. The van der Waals surface area contributed by atoms with Gasteiger partial charge in [-0.1, -0.05) is 35.9 Å². The molecule has 17 heavy (non-hydrogen) atoms. The first-order chi connectivity index (χ1) is 8.18. The number of benzene rings is 1. The van der Waals surface area contributed by atoms with Crippen LogP contribution >= 0.6 is 11.6 Å². The fourth-order valence-corrected chi connectivity index (χ4v) is 2.57. The number of allylic oxidation sites excluding steroid dienone is 4. The summed E-state index contributed by atoms with van der Waals surface area (Å²) in [5.74, 6) is -0.728. The van der Waals surface area contributed by atoms with Gasteiger partial charge in [-0.2, -0.15) is 0 Å². The van der Waals surface area contributed by atoms with Crippen LogP contribution in [-0.4, -0.2) is 11.6 Å². The molecule has 1 aromatic carbocycles. The first-order valence-corrected chi connectivity index (χ1v) is 5.79. The van der Waals surface area contributed by atoms with Crippen molar-refractivity contribution in [3.05, 3.63) is 58.7 Å². The van der Waals surface area contributed by atoms with Gasteiger partial charge in [0, 0.05) is 16.1 Å². The van der Waals surface area contributed by atoms with Gasteiger partial charge in [-0.15, -0.1) is 0 Å². The maximum atomic E-state index is 12.3. The highest BCUT2D eigenvalue weighted by atomic mass is 35.5. The second kappa shape index (κ2) is 3.67. The summed E-state index contributed by atoms with van der Waals surface area (Å²) in [6, 6.07) is 4.87. The molecular weight excluding hydrogens is 236 g/mol. The fourth-order valence-electron chi connectivity index (χ4n) is 2.40. The van der Waals surface area contributed by atoms with Crippen LogP contribution in [0.5, 0.6) is 0 Å². The SMILES string of the molecule is O=C1c2ccc(Cl)cc2C(=O)[C@H]2C=CC=C[C@H]12. The van der Waals surface area contributed by atoms with E-state index in [1.54, 1.807) is 30.4 Å². The highest BCUT2D eigenvalue weighted by Gasteiger charge is 2.39. The minimum absolute atomic E-state index is 0.00173. The van der Waals surface area contributed by atoms with Crippen LogP contribution in [-0.2, 0) is 0 Å². The standard InChI is InChI=1S/C14H9ClO2/c15-8-5-6-11-12(7-8)14(17)10-4-2-1-3-9(10)13(11)16/h1-7,9-10H/t9-,10-/m0/s1. The molecule has 3 rings (SSSR count). The van der Waals surface area contributed by atoms with E-state index >= 15 is 0 Å². The summed E-state index contributed by atoms with van der Waals surface area (Å²) in [7, 11) is 0. The Bertz CT molecular complexity index is 584. The summed E-state index contributed by atoms with van der Waals surface area (Å²) in [5.41, 5.74) is 0.935. The van der Waals surface area contributed by atoms with Gasteiger partial charge in [0.25, 0.3) is 0 Å². The number of halogens is 1. The largest absolute Gasteiger partial charge is 0.293 e. The molecule has 0 heterocycles. The first-order valence-electron chi connectivity index (χ1n) is 5.41. The average Bonchev–Trinajstić information content (AvgIpc) is 2.36. The second-order valence-corrected chi connectivity index (χ2v) is 4.68. The van der Waals surface area contributed by atoms with Crippen molar-refractivity contribution >= 4 is 23.2 Å². The molecule has 0 aliphatic heterocycles. The van der Waals surface area contributed by atoms with E-state index < -0.39 is 0 Å². The lowest BCUT2D eigenvalue weighted by molar-refractivity contribution is 0.0801. The zero-order valence-electron chi connectivity index (χ0n) is 8.89. The third-order valence-corrected chi connectivity index (χ3v) is 3.49. The van der Waals surface area contributed by atoms with Crippen LogP contribution in [0.1, 0.15) is 20.7 Å². The van der Waals surface area contributed by atoms with E-state index in [4.69, 9.17) is 11.6 Å². The predicted molar refractivity (Wildman–Crippen MR) is 65.4 cm³/mol. The van der Waals surface area contributed by atoms with Crippen molar-refractivity contribution in [2.24, 2.45) is 11.8 Å². The molecule has 0 amide bonds. The van der Waals surface area contributed by atoms with E-state index in [9.17, 15) is 9.59 Å². The van der Waals surface area contributed by atoms with Gasteiger partial charge in [0.1, 0.15) is 0 Å². The van der Waals surface area contributed by atoms with Crippen molar-refractivity contribution in [3.8, 4) is 0 Å². The van der Waals surface area contributed by atoms with Crippen molar-refractivity contribution in [1.29, 1.82) is 0 Å². The molecule has 1 aromatic rings. The van der Waals surface area contributed by atoms with Gasteiger partial charge in [0.05, 0.1) is 11.8 Å². The van der Waals surface area contributed by atoms with Crippen molar-refractivity contribution < 1.29 is 9.59 Å². The van der Waals surface area contributed by atoms with Gasteiger partial charge in [0.15, 0.2) is 11.6 Å². The molecule has 0 saturated heterocycles. The van der Waals surface area contributed by atoms with E-state index in [1.807, 2.05) is 12.2 Å². The monoisotopic (exact) mass is 244 g/mol. The Morgan fingerprint density at radius 3 is 2.12 bits per heavy atom. The van der Waals surface area contributed by atoms with Gasteiger partial charge in [0.2, 0.25) is 0 Å². The van der Waals surface area contributed by atoms with Crippen LogP contribution in [0.2, 0.25) is 5.02 Å². The minimum Gasteiger partial charge on any atom is -0.293 e.